The molecule has 0 amide bonds. The minimum atomic E-state index is -0.766. The molecular formula is C27H32ClN3O4. The standard InChI is InChI=1S/C27H32ClN3O4/c1-3-8-26(33)34-18-23(32)16-30(21-13-14-21)17-25-19(2)29-31(22-10-7-9-20(28)15-22)27(25)35-24-11-5-4-6-12-24/h4-7,9-12,15,21,23,32H,3,8,13-14,16-18H2,1-2H3. The normalized spacial score (nSPS) is 14.2. The number of aryl methyl sites for hydroxylation is 1. The summed E-state index contributed by atoms with van der Waals surface area (Å²) < 4.78 is 13.4. The maximum atomic E-state index is 11.7. The molecule has 186 valence electrons. The van der Waals surface area contributed by atoms with Crippen molar-refractivity contribution < 1.29 is 19.4 Å². The SMILES string of the molecule is CCCC(=O)OCC(O)CN(Cc1c(C)nn(-c2cccc(Cl)c2)c1Oc1ccccc1)C1CC1. The molecule has 1 unspecified atom stereocenters. The number of hydrogen-bond donors (Lipinski definition) is 1. The van der Waals surface area contributed by atoms with Gasteiger partial charge in [-0.3, -0.25) is 9.69 Å². The number of aliphatic hydroxyl groups excluding tert-OH is 1. The molecule has 0 bridgehead atoms. The van der Waals surface area contributed by atoms with Gasteiger partial charge in [0.15, 0.2) is 0 Å². The zero-order valence-corrected chi connectivity index (χ0v) is 20.9. The Morgan fingerprint density at radius 1 is 1.23 bits per heavy atom. The average molecular weight is 498 g/mol. The first-order valence-electron chi connectivity index (χ1n) is 12.1. The maximum absolute atomic E-state index is 11.7. The van der Waals surface area contributed by atoms with Gasteiger partial charge in [0.2, 0.25) is 5.88 Å². The highest BCUT2D eigenvalue weighted by Crippen LogP contribution is 2.35. The molecule has 1 aliphatic rings. The number of carbonyl (C=O) groups excluding carboxylic acids is 1. The van der Waals surface area contributed by atoms with Crippen molar-refractivity contribution in [2.45, 2.75) is 58.2 Å². The van der Waals surface area contributed by atoms with Crippen LogP contribution in [-0.2, 0) is 16.1 Å². The largest absolute Gasteiger partial charge is 0.463 e. The Kier molecular flexibility index (Phi) is 8.44. The number of carbonyl (C=O) groups is 1. The molecule has 0 saturated heterocycles. The monoisotopic (exact) mass is 497 g/mol. The van der Waals surface area contributed by atoms with E-state index in [9.17, 15) is 9.90 Å². The molecule has 3 aromatic rings. The average Bonchev–Trinajstić information content (AvgIpc) is 3.65. The predicted molar refractivity (Wildman–Crippen MR) is 135 cm³/mol. The Hall–Kier alpha value is -2.87. The summed E-state index contributed by atoms with van der Waals surface area (Å²) in [6.07, 6.45) is 2.46. The molecule has 1 aromatic heterocycles. The van der Waals surface area contributed by atoms with Gasteiger partial charge in [-0.25, -0.2) is 4.68 Å². The fraction of sp³-hybridized carbons (Fsp3) is 0.407. The summed E-state index contributed by atoms with van der Waals surface area (Å²) in [5, 5.41) is 16.0. The number of rotatable bonds is 12. The number of benzene rings is 2. The number of para-hydroxylation sites is 1. The van der Waals surface area contributed by atoms with Crippen LogP contribution in [0.2, 0.25) is 5.02 Å². The van der Waals surface area contributed by atoms with Gasteiger partial charge in [0, 0.05) is 30.6 Å². The second-order valence-corrected chi connectivity index (χ2v) is 9.36. The van der Waals surface area contributed by atoms with Crippen molar-refractivity contribution in [3.05, 3.63) is 70.9 Å². The van der Waals surface area contributed by atoms with Crippen LogP contribution >= 0.6 is 11.6 Å². The zero-order chi connectivity index (χ0) is 24.8. The van der Waals surface area contributed by atoms with Gasteiger partial charge in [-0.1, -0.05) is 42.8 Å². The summed E-state index contributed by atoms with van der Waals surface area (Å²) in [4.78, 5) is 13.9. The topological polar surface area (TPSA) is 76.8 Å². The van der Waals surface area contributed by atoms with Crippen LogP contribution in [0.1, 0.15) is 43.9 Å². The van der Waals surface area contributed by atoms with Crippen LogP contribution in [0.15, 0.2) is 54.6 Å². The predicted octanol–water partition coefficient (Wildman–Crippen LogP) is 5.30. The minimum absolute atomic E-state index is 0.00379. The van der Waals surface area contributed by atoms with Crippen molar-refractivity contribution in [3.8, 4) is 17.3 Å². The van der Waals surface area contributed by atoms with Gasteiger partial charge in [-0.2, -0.15) is 5.10 Å². The van der Waals surface area contributed by atoms with Gasteiger partial charge in [-0.05, 0) is 56.5 Å². The summed E-state index contributed by atoms with van der Waals surface area (Å²) >= 11 is 6.26. The zero-order valence-electron chi connectivity index (χ0n) is 20.2. The number of esters is 1. The molecule has 7 nitrogen and oxygen atoms in total. The van der Waals surface area contributed by atoms with Crippen LogP contribution in [0.5, 0.6) is 11.6 Å². The lowest BCUT2D eigenvalue weighted by molar-refractivity contribution is -0.147. The van der Waals surface area contributed by atoms with Crippen molar-refractivity contribution >= 4 is 17.6 Å². The Morgan fingerprint density at radius 3 is 2.69 bits per heavy atom. The van der Waals surface area contributed by atoms with Crippen LogP contribution in [0, 0.1) is 6.92 Å². The fourth-order valence-corrected chi connectivity index (χ4v) is 4.17. The molecule has 0 radical (unpaired) electrons. The van der Waals surface area contributed by atoms with Crippen molar-refractivity contribution in [2.24, 2.45) is 0 Å². The Balaban J connectivity index is 1.59. The van der Waals surface area contributed by atoms with E-state index in [1.165, 1.54) is 0 Å². The van der Waals surface area contributed by atoms with Gasteiger partial charge in [0.1, 0.15) is 18.5 Å². The van der Waals surface area contributed by atoms with Crippen molar-refractivity contribution in [3.63, 3.8) is 0 Å². The molecule has 1 N–H and O–H groups in total. The summed E-state index contributed by atoms with van der Waals surface area (Å²) in [5.41, 5.74) is 2.58. The molecule has 8 heteroatoms. The Morgan fingerprint density at radius 2 is 2.00 bits per heavy atom. The van der Waals surface area contributed by atoms with Gasteiger partial charge >= 0.3 is 5.97 Å². The van der Waals surface area contributed by atoms with Gasteiger partial charge in [0.25, 0.3) is 0 Å². The van der Waals surface area contributed by atoms with E-state index in [2.05, 4.69) is 4.90 Å². The third-order valence-electron chi connectivity index (χ3n) is 5.91. The first-order chi connectivity index (χ1) is 16.9. The van der Waals surface area contributed by atoms with Crippen LogP contribution < -0.4 is 4.74 Å². The highest BCUT2D eigenvalue weighted by molar-refractivity contribution is 6.30. The number of nitrogens with zero attached hydrogens (tertiary/aromatic N) is 3. The first kappa shape index (κ1) is 25.2. The van der Waals surface area contributed by atoms with Crippen LogP contribution in [0.25, 0.3) is 5.69 Å². The molecular weight excluding hydrogens is 466 g/mol. The third-order valence-corrected chi connectivity index (χ3v) is 6.14. The second kappa shape index (κ2) is 11.7. The van der Waals surface area contributed by atoms with Crippen molar-refractivity contribution in [1.29, 1.82) is 0 Å². The van der Waals surface area contributed by atoms with E-state index in [1.807, 2.05) is 68.4 Å². The smallest absolute Gasteiger partial charge is 0.305 e. The lowest BCUT2D eigenvalue weighted by Crippen LogP contribution is -2.36. The summed E-state index contributed by atoms with van der Waals surface area (Å²) in [6, 6.07) is 17.5. The van der Waals surface area contributed by atoms with E-state index in [0.717, 1.165) is 36.2 Å². The fourth-order valence-electron chi connectivity index (χ4n) is 3.98. The molecule has 0 spiro atoms. The summed E-state index contributed by atoms with van der Waals surface area (Å²) in [6.45, 7) is 4.84. The first-order valence-corrected chi connectivity index (χ1v) is 12.5. The second-order valence-electron chi connectivity index (χ2n) is 8.92. The molecule has 4 rings (SSSR count). The third kappa shape index (κ3) is 6.84. The highest BCUT2D eigenvalue weighted by Gasteiger charge is 2.33. The van der Waals surface area contributed by atoms with Crippen LogP contribution in [0.4, 0.5) is 0 Å². The van der Waals surface area contributed by atoms with Crippen LogP contribution in [0.3, 0.4) is 0 Å². The lowest BCUT2D eigenvalue weighted by atomic mass is 10.2. The van der Waals surface area contributed by atoms with E-state index in [-0.39, 0.29) is 12.6 Å². The number of hydrogen-bond acceptors (Lipinski definition) is 6. The minimum Gasteiger partial charge on any atom is -0.463 e. The van der Waals surface area contributed by atoms with E-state index in [4.69, 9.17) is 26.2 Å². The molecule has 1 heterocycles. The molecule has 1 atom stereocenters. The Bertz CT molecular complexity index is 1130. The van der Waals surface area contributed by atoms with Gasteiger partial charge < -0.3 is 14.6 Å². The van der Waals surface area contributed by atoms with E-state index >= 15 is 0 Å². The molecule has 1 saturated carbocycles. The quantitative estimate of drug-likeness (QED) is 0.342. The lowest BCUT2D eigenvalue weighted by Gasteiger charge is -2.25. The van der Waals surface area contributed by atoms with Gasteiger partial charge in [-0.15, -0.1) is 0 Å². The maximum Gasteiger partial charge on any atom is 0.305 e. The molecule has 0 aliphatic heterocycles. The number of halogens is 1. The number of aromatic nitrogens is 2. The van der Waals surface area contributed by atoms with Gasteiger partial charge in [0.05, 0.1) is 16.9 Å². The van der Waals surface area contributed by atoms with E-state index in [0.29, 0.717) is 42.2 Å². The number of aliphatic hydroxyl groups is 1. The summed E-state index contributed by atoms with van der Waals surface area (Å²) in [7, 11) is 0. The van der Waals surface area contributed by atoms with Crippen LogP contribution in [-0.4, -0.2) is 51.1 Å². The molecule has 2 aromatic carbocycles. The van der Waals surface area contributed by atoms with Crippen molar-refractivity contribution in [2.75, 3.05) is 13.2 Å². The molecule has 35 heavy (non-hydrogen) atoms. The number of ether oxygens (including phenoxy) is 2. The Labute approximate surface area is 211 Å². The van der Waals surface area contributed by atoms with E-state index in [1.54, 1.807) is 4.68 Å². The molecule has 1 aliphatic carbocycles. The van der Waals surface area contributed by atoms with Crippen molar-refractivity contribution in [1.82, 2.24) is 14.7 Å². The van der Waals surface area contributed by atoms with E-state index < -0.39 is 6.10 Å². The summed E-state index contributed by atoms with van der Waals surface area (Å²) in [5.74, 6) is 1.05. The molecule has 1 fully saturated rings. The highest BCUT2D eigenvalue weighted by atomic mass is 35.5.